The normalized spacial score (nSPS) is 20.5. The van der Waals surface area contributed by atoms with Crippen molar-refractivity contribution in [1.82, 2.24) is 4.90 Å². The van der Waals surface area contributed by atoms with E-state index in [9.17, 15) is 18.0 Å². The van der Waals surface area contributed by atoms with Gasteiger partial charge in [-0.1, -0.05) is 34.1 Å². The zero-order chi connectivity index (χ0) is 15.5. The molecule has 1 fully saturated rings. The summed E-state index contributed by atoms with van der Waals surface area (Å²) in [4.78, 5) is 13.9. The summed E-state index contributed by atoms with van der Waals surface area (Å²) in [6.07, 6.45) is -3.16. The van der Waals surface area contributed by atoms with Gasteiger partial charge in [0.05, 0.1) is 5.92 Å². The molecule has 0 radical (unpaired) electrons. The van der Waals surface area contributed by atoms with Gasteiger partial charge in [-0.15, -0.1) is 0 Å². The zero-order valence-corrected chi connectivity index (χ0v) is 13.1. The Morgan fingerprint density at radius 3 is 2.71 bits per heavy atom. The van der Waals surface area contributed by atoms with Crippen LogP contribution in [0.25, 0.3) is 0 Å². The van der Waals surface area contributed by atoms with Crippen molar-refractivity contribution >= 4 is 21.7 Å². The van der Waals surface area contributed by atoms with Crippen molar-refractivity contribution in [1.29, 1.82) is 0 Å². The summed E-state index contributed by atoms with van der Waals surface area (Å²) >= 11 is 3.32. The van der Waals surface area contributed by atoms with Crippen LogP contribution in [0.4, 0.5) is 13.2 Å². The number of likely N-dealkylation sites (tertiary alicyclic amines) is 1. The minimum absolute atomic E-state index is 0.00669. The molecule has 1 aliphatic heterocycles. The van der Waals surface area contributed by atoms with E-state index in [1.54, 1.807) is 23.1 Å². The van der Waals surface area contributed by atoms with Crippen molar-refractivity contribution in [3.05, 3.63) is 34.3 Å². The Labute approximate surface area is 130 Å². The highest BCUT2D eigenvalue weighted by atomic mass is 79.9. The first-order valence-electron chi connectivity index (χ1n) is 6.94. The Morgan fingerprint density at radius 2 is 2.05 bits per heavy atom. The molecule has 21 heavy (non-hydrogen) atoms. The van der Waals surface area contributed by atoms with E-state index in [4.69, 9.17) is 0 Å². The lowest BCUT2D eigenvalue weighted by molar-refractivity contribution is -0.186. The average Bonchev–Trinajstić information content (AvgIpc) is 2.45. The van der Waals surface area contributed by atoms with Crippen molar-refractivity contribution in [2.45, 2.75) is 25.4 Å². The third-order valence-electron chi connectivity index (χ3n) is 3.80. The summed E-state index contributed by atoms with van der Waals surface area (Å²) in [6, 6.07) is 7.10. The third-order valence-corrected chi connectivity index (χ3v) is 4.49. The lowest BCUT2D eigenvalue weighted by atomic mass is 9.97. The molecule has 1 heterocycles. The van der Waals surface area contributed by atoms with Crippen LogP contribution in [0, 0.1) is 5.92 Å². The van der Waals surface area contributed by atoms with E-state index < -0.39 is 12.1 Å². The summed E-state index contributed by atoms with van der Waals surface area (Å²) in [6.45, 7) is 1.02. The van der Waals surface area contributed by atoms with E-state index in [0.717, 1.165) is 4.47 Å². The summed E-state index contributed by atoms with van der Waals surface area (Å²) < 4.78 is 38.9. The molecule has 0 amide bonds. The second-order valence-corrected chi connectivity index (χ2v) is 6.19. The van der Waals surface area contributed by atoms with E-state index in [2.05, 4.69) is 15.9 Å². The van der Waals surface area contributed by atoms with E-state index in [1.165, 1.54) is 0 Å². The fraction of sp³-hybridized carbons (Fsp3) is 0.533. The zero-order valence-electron chi connectivity index (χ0n) is 11.5. The number of alkyl halides is 3. The number of halogens is 4. The molecule has 0 aliphatic carbocycles. The highest BCUT2D eigenvalue weighted by Gasteiger charge is 2.41. The van der Waals surface area contributed by atoms with Gasteiger partial charge in [-0.25, -0.2) is 0 Å². The van der Waals surface area contributed by atoms with Crippen LogP contribution in [0.15, 0.2) is 28.7 Å². The average molecular weight is 364 g/mol. The number of carbonyl (C=O) groups excluding carboxylic acids is 1. The van der Waals surface area contributed by atoms with Gasteiger partial charge in [0, 0.05) is 29.5 Å². The van der Waals surface area contributed by atoms with E-state index in [-0.39, 0.29) is 25.2 Å². The van der Waals surface area contributed by atoms with Crippen molar-refractivity contribution in [3.63, 3.8) is 0 Å². The van der Waals surface area contributed by atoms with Gasteiger partial charge in [-0.3, -0.25) is 4.79 Å². The minimum atomic E-state index is -4.13. The van der Waals surface area contributed by atoms with Gasteiger partial charge >= 0.3 is 6.18 Å². The first kappa shape index (κ1) is 16.5. The predicted molar refractivity (Wildman–Crippen MR) is 78.3 cm³/mol. The molecular weight excluding hydrogens is 347 g/mol. The molecule has 0 spiro atoms. The number of carbonyl (C=O) groups is 1. The molecular formula is C15H17BrF3NO. The Kier molecular flexibility index (Phi) is 5.43. The van der Waals surface area contributed by atoms with Gasteiger partial charge in [0.1, 0.15) is 0 Å². The van der Waals surface area contributed by atoms with Crippen LogP contribution in [0.1, 0.15) is 29.6 Å². The van der Waals surface area contributed by atoms with Crippen LogP contribution in [-0.4, -0.2) is 36.5 Å². The van der Waals surface area contributed by atoms with Gasteiger partial charge in [0.15, 0.2) is 5.78 Å². The SMILES string of the molecule is O=C(CCN1CCCC(C(F)(F)F)C1)c1ccccc1Br. The van der Waals surface area contributed by atoms with Gasteiger partial charge in [-0.05, 0) is 25.5 Å². The van der Waals surface area contributed by atoms with Gasteiger partial charge in [-0.2, -0.15) is 13.2 Å². The fourth-order valence-corrected chi connectivity index (χ4v) is 3.11. The molecule has 6 heteroatoms. The summed E-state index contributed by atoms with van der Waals surface area (Å²) in [5, 5.41) is 0. The van der Waals surface area contributed by atoms with Gasteiger partial charge in [0.2, 0.25) is 0 Å². The second-order valence-electron chi connectivity index (χ2n) is 5.33. The number of ketones is 1. The van der Waals surface area contributed by atoms with Crippen molar-refractivity contribution < 1.29 is 18.0 Å². The maximum absolute atomic E-state index is 12.7. The van der Waals surface area contributed by atoms with Crippen LogP contribution < -0.4 is 0 Å². The van der Waals surface area contributed by atoms with Crippen molar-refractivity contribution in [2.24, 2.45) is 5.92 Å². The van der Waals surface area contributed by atoms with E-state index in [0.29, 0.717) is 25.1 Å². The smallest absolute Gasteiger partial charge is 0.302 e. The second kappa shape index (κ2) is 6.92. The molecule has 0 N–H and O–H groups in total. The topological polar surface area (TPSA) is 20.3 Å². The van der Waals surface area contributed by atoms with Crippen LogP contribution >= 0.6 is 15.9 Å². The molecule has 1 atom stereocenters. The lowest BCUT2D eigenvalue weighted by Crippen LogP contribution is -2.42. The molecule has 1 unspecified atom stereocenters. The van der Waals surface area contributed by atoms with Crippen LogP contribution in [0.3, 0.4) is 0 Å². The third kappa shape index (κ3) is 4.54. The van der Waals surface area contributed by atoms with Crippen LogP contribution in [-0.2, 0) is 0 Å². The number of benzene rings is 1. The van der Waals surface area contributed by atoms with Gasteiger partial charge in [0.25, 0.3) is 0 Å². The number of piperidine rings is 1. The van der Waals surface area contributed by atoms with Crippen LogP contribution in [0.2, 0.25) is 0 Å². The standard InChI is InChI=1S/C15H17BrF3NO/c16-13-6-2-1-5-12(13)14(21)7-9-20-8-3-4-11(10-20)15(17,18)19/h1-2,5-6,11H,3-4,7-10H2. The number of rotatable bonds is 4. The molecule has 2 rings (SSSR count). The molecule has 0 bridgehead atoms. The van der Waals surface area contributed by atoms with Crippen molar-refractivity contribution in [2.75, 3.05) is 19.6 Å². The van der Waals surface area contributed by atoms with E-state index in [1.807, 2.05) is 6.07 Å². The highest BCUT2D eigenvalue weighted by molar-refractivity contribution is 9.10. The largest absolute Gasteiger partial charge is 0.393 e. The monoisotopic (exact) mass is 363 g/mol. The Hall–Kier alpha value is -0.880. The number of hydrogen-bond acceptors (Lipinski definition) is 2. The Morgan fingerprint density at radius 1 is 1.33 bits per heavy atom. The number of nitrogens with zero attached hydrogens (tertiary/aromatic N) is 1. The molecule has 1 aliphatic rings. The first-order valence-corrected chi connectivity index (χ1v) is 7.74. The van der Waals surface area contributed by atoms with E-state index >= 15 is 0 Å². The maximum Gasteiger partial charge on any atom is 0.393 e. The molecule has 116 valence electrons. The van der Waals surface area contributed by atoms with Crippen molar-refractivity contribution in [3.8, 4) is 0 Å². The summed E-state index contributed by atoms with van der Waals surface area (Å²) in [5.74, 6) is -1.30. The molecule has 2 nitrogen and oxygen atoms in total. The number of Topliss-reactive ketones (excluding diaryl/α,β-unsaturated/α-hetero) is 1. The Bertz CT molecular complexity index is 504. The number of hydrogen-bond donors (Lipinski definition) is 0. The van der Waals surface area contributed by atoms with Crippen LogP contribution in [0.5, 0.6) is 0 Å². The summed E-state index contributed by atoms with van der Waals surface area (Å²) in [5.41, 5.74) is 0.585. The maximum atomic E-state index is 12.7. The predicted octanol–water partition coefficient (Wildman–Crippen LogP) is 4.30. The summed E-state index contributed by atoms with van der Waals surface area (Å²) in [7, 11) is 0. The molecule has 1 saturated heterocycles. The molecule has 1 aromatic rings. The highest BCUT2D eigenvalue weighted by Crippen LogP contribution is 2.33. The minimum Gasteiger partial charge on any atom is -0.302 e. The Balaban J connectivity index is 1.88. The quantitative estimate of drug-likeness (QED) is 0.743. The van der Waals surface area contributed by atoms with Gasteiger partial charge < -0.3 is 4.90 Å². The molecule has 0 saturated carbocycles. The first-order chi connectivity index (χ1) is 9.88. The lowest BCUT2D eigenvalue weighted by Gasteiger charge is -2.33. The fourth-order valence-electron chi connectivity index (χ4n) is 2.61. The molecule has 0 aromatic heterocycles. The molecule has 1 aromatic carbocycles.